The zero-order valence-electron chi connectivity index (χ0n) is 16.1. The summed E-state index contributed by atoms with van der Waals surface area (Å²) in [6.07, 6.45) is 0. The Kier molecular flexibility index (Phi) is 5.70. The molecule has 6 aromatic rings. The topological polar surface area (TPSA) is 0 Å². The number of hydrogen-bond acceptors (Lipinski definition) is 2. The second kappa shape index (κ2) is 8.55. The fourth-order valence-electron chi connectivity index (χ4n) is 3.35. The van der Waals surface area contributed by atoms with Crippen LogP contribution in [-0.4, -0.2) is 0 Å². The smallest absolute Gasteiger partial charge is 0.0355 e. The maximum atomic E-state index is 2.19. The summed E-state index contributed by atoms with van der Waals surface area (Å²) in [4.78, 5) is 0. The SMILES string of the molecule is CC.c1ccc2c(c1)sc1ccccc12.c1ccc2c(c1)sc1ccccc12. The molecule has 0 saturated carbocycles. The molecule has 0 aliphatic carbocycles. The molecule has 0 aliphatic heterocycles. The standard InChI is InChI=1S/2C12H8S.C2H6/c2*1-3-7-11-9(5-1)10-6-2-4-8-12(10)13-11;1-2/h2*1-8H;1-2H3. The molecule has 0 fully saturated rings. The highest BCUT2D eigenvalue weighted by molar-refractivity contribution is 7.26. The van der Waals surface area contributed by atoms with Gasteiger partial charge in [-0.1, -0.05) is 86.6 Å². The minimum atomic E-state index is 1.38. The molecule has 0 nitrogen and oxygen atoms in total. The normalized spacial score (nSPS) is 10.5. The molecule has 0 atom stereocenters. The lowest BCUT2D eigenvalue weighted by Gasteiger charge is -1.88. The van der Waals surface area contributed by atoms with E-state index >= 15 is 0 Å². The van der Waals surface area contributed by atoms with Gasteiger partial charge < -0.3 is 0 Å². The lowest BCUT2D eigenvalue weighted by molar-refractivity contribution is 1.50. The van der Waals surface area contributed by atoms with E-state index in [4.69, 9.17) is 0 Å². The summed E-state index contributed by atoms with van der Waals surface area (Å²) in [5.74, 6) is 0. The van der Waals surface area contributed by atoms with Gasteiger partial charge in [-0.2, -0.15) is 0 Å². The van der Waals surface area contributed by atoms with E-state index in [1.54, 1.807) is 0 Å². The molecule has 0 N–H and O–H groups in total. The van der Waals surface area contributed by atoms with Crippen LogP contribution in [0.2, 0.25) is 0 Å². The van der Waals surface area contributed by atoms with Gasteiger partial charge in [0.15, 0.2) is 0 Å². The third kappa shape index (κ3) is 3.54. The molecule has 4 aromatic carbocycles. The Morgan fingerprint density at radius 2 is 0.571 bits per heavy atom. The van der Waals surface area contributed by atoms with Gasteiger partial charge in [0.25, 0.3) is 0 Å². The van der Waals surface area contributed by atoms with E-state index in [0.717, 1.165) is 0 Å². The summed E-state index contributed by atoms with van der Waals surface area (Å²) in [6.45, 7) is 4.00. The monoisotopic (exact) mass is 398 g/mol. The molecule has 0 amide bonds. The molecule has 0 aliphatic rings. The number of rotatable bonds is 0. The van der Waals surface area contributed by atoms with Crippen LogP contribution < -0.4 is 0 Å². The maximum absolute atomic E-state index is 2.19. The summed E-state index contributed by atoms with van der Waals surface area (Å²) in [7, 11) is 0. The lowest BCUT2D eigenvalue weighted by atomic mass is 10.2. The van der Waals surface area contributed by atoms with Crippen molar-refractivity contribution in [1.29, 1.82) is 0 Å². The summed E-state index contributed by atoms with van der Waals surface area (Å²) in [5, 5.41) is 5.51. The van der Waals surface area contributed by atoms with E-state index in [0.29, 0.717) is 0 Å². The van der Waals surface area contributed by atoms with Gasteiger partial charge in [-0.15, -0.1) is 22.7 Å². The van der Waals surface area contributed by atoms with Gasteiger partial charge in [0.05, 0.1) is 0 Å². The molecule has 0 unspecified atom stereocenters. The van der Waals surface area contributed by atoms with Crippen molar-refractivity contribution in [2.75, 3.05) is 0 Å². The van der Waals surface area contributed by atoms with E-state index in [2.05, 4.69) is 97.1 Å². The Balaban J connectivity index is 0.000000126. The Bertz CT molecular complexity index is 1130. The fourth-order valence-corrected chi connectivity index (χ4v) is 5.56. The van der Waals surface area contributed by atoms with Crippen molar-refractivity contribution in [3.05, 3.63) is 97.1 Å². The van der Waals surface area contributed by atoms with E-state index in [9.17, 15) is 0 Å². The van der Waals surface area contributed by atoms with Crippen molar-refractivity contribution < 1.29 is 0 Å². The molecule has 2 heteroatoms. The first-order valence-electron chi connectivity index (χ1n) is 9.63. The van der Waals surface area contributed by atoms with Gasteiger partial charge in [-0.3, -0.25) is 0 Å². The zero-order valence-corrected chi connectivity index (χ0v) is 17.7. The van der Waals surface area contributed by atoms with Gasteiger partial charge in [0.1, 0.15) is 0 Å². The summed E-state index contributed by atoms with van der Waals surface area (Å²) in [6, 6.07) is 34.3. The molecule has 0 spiro atoms. The van der Waals surface area contributed by atoms with E-state index in [1.807, 2.05) is 36.5 Å². The van der Waals surface area contributed by atoms with Crippen molar-refractivity contribution in [3.8, 4) is 0 Å². The van der Waals surface area contributed by atoms with Crippen molar-refractivity contribution in [1.82, 2.24) is 0 Å². The molecule has 0 saturated heterocycles. The molecule has 0 radical (unpaired) electrons. The van der Waals surface area contributed by atoms with E-state index < -0.39 is 0 Å². The Hall–Kier alpha value is -2.68. The van der Waals surface area contributed by atoms with Crippen LogP contribution in [0.25, 0.3) is 40.3 Å². The first-order chi connectivity index (χ1) is 13.9. The largest absolute Gasteiger partial charge is 0.135 e. The zero-order chi connectivity index (χ0) is 19.3. The number of thiophene rings is 2. The Morgan fingerprint density at radius 1 is 0.357 bits per heavy atom. The molecule has 6 rings (SSSR count). The highest BCUT2D eigenvalue weighted by Gasteiger charge is 2.02. The number of fused-ring (bicyclic) bond motifs is 6. The van der Waals surface area contributed by atoms with Crippen molar-refractivity contribution in [2.45, 2.75) is 13.8 Å². The van der Waals surface area contributed by atoms with Crippen LogP contribution in [0.5, 0.6) is 0 Å². The van der Waals surface area contributed by atoms with Gasteiger partial charge in [0, 0.05) is 40.3 Å². The van der Waals surface area contributed by atoms with Crippen LogP contribution in [0.3, 0.4) is 0 Å². The van der Waals surface area contributed by atoms with Crippen molar-refractivity contribution >= 4 is 63.0 Å². The second-order valence-electron chi connectivity index (χ2n) is 6.19. The first kappa shape index (κ1) is 18.7. The average molecular weight is 399 g/mol. The lowest BCUT2D eigenvalue weighted by Crippen LogP contribution is -1.62. The minimum Gasteiger partial charge on any atom is -0.135 e. The van der Waals surface area contributed by atoms with Crippen LogP contribution >= 0.6 is 22.7 Å². The quantitative estimate of drug-likeness (QED) is 0.239. The van der Waals surface area contributed by atoms with Crippen LogP contribution in [0.1, 0.15) is 13.8 Å². The Morgan fingerprint density at radius 3 is 0.821 bits per heavy atom. The van der Waals surface area contributed by atoms with Crippen LogP contribution in [0.15, 0.2) is 97.1 Å². The first-order valence-corrected chi connectivity index (χ1v) is 11.3. The number of benzene rings is 4. The van der Waals surface area contributed by atoms with Crippen molar-refractivity contribution in [3.63, 3.8) is 0 Å². The maximum Gasteiger partial charge on any atom is 0.0355 e. The number of hydrogen-bond donors (Lipinski definition) is 0. The van der Waals surface area contributed by atoms with Gasteiger partial charge in [-0.25, -0.2) is 0 Å². The molecular formula is C26H22S2. The molecule has 2 aromatic heterocycles. The molecule has 2 heterocycles. The van der Waals surface area contributed by atoms with Crippen LogP contribution in [-0.2, 0) is 0 Å². The predicted molar refractivity (Wildman–Crippen MR) is 130 cm³/mol. The van der Waals surface area contributed by atoms with Gasteiger partial charge >= 0.3 is 0 Å². The second-order valence-corrected chi connectivity index (χ2v) is 8.36. The third-order valence-corrected chi connectivity index (χ3v) is 6.87. The third-order valence-electron chi connectivity index (χ3n) is 4.57. The molecule has 0 bridgehead atoms. The highest BCUT2D eigenvalue weighted by Crippen LogP contribution is 2.33. The summed E-state index contributed by atoms with van der Waals surface area (Å²) < 4.78 is 5.51. The van der Waals surface area contributed by atoms with Gasteiger partial charge in [-0.05, 0) is 24.3 Å². The van der Waals surface area contributed by atoms with Crippen LogP contribution in [0.4, 0.5) is 0 Å². The summed E-state index contributed by atoms with van der Waals surface area (Å²) >= 11 is 3.72. The molecule has 138 valence electrons. The minimum absolute atomic E-state index is 1.38. The van der Waals surface area contributed by atoms with Gasteiger partial charge in [0.2, 0.25) is 0 Å². The molecule has 28 heavy (non-hydrogen) atoms. The summed E-state index contributed by atoms with van der Waals surface area (Å²) in [5.41, 5.74) is 0. The van der Waals surface area contributed by atoms with Crippen molar-refractivity contribution in [2.24, 2.45) is 0 Å². The van der Waals surface area contributed by atoms with E-state index in [-0.39, 0.29) is 0 Å². The average Bonchev–Trinajstić information content (AvgIpc) is 3.34. The van der Waals surface area contributed by atoms with Crippen LogP contribution in [0, 0.1) is 0 Å². The fraction of sp³-hybridized carbons (Fsp3) is 0.0769. The predicted octanol–water partition coefficient (Wildman–Crippen LogP) is 9.14. The molecular weight excluding hydrogens is 376 g/mol. The Labute approximate surface area is 173 Å². The van der Waals surface area contributed by atoms with E-state index in [1.165, 1.54) is 40.3 Å². The highest BCUT2D eigenvalue weighted by atomic mass is 32.1.